The van der Waals surface area contributed by atoms with E-state index in [0.29, 0.717) is 37.6 Å². The smallest absolute Gasteiger partial charge is 0.285 e. The van der Waals surface area contributed by atoms with E-state index in [1.54, 1.807) is 35.0 Å². The van der Waals surface area contributed by atoms with Crippen LogP contribution in [0, 0.1) is 0 Å². The molecule has 2 heterocycles. The summed E-state index contributed by atoms with van der Waals surface area (Å²) in [5.74, 6) is 0.279. The number of hydrogen-bond acceptors (Lipinski definition) is 6. The number of likely N-dealkylation sites (tertiary alicyclic amines) is 1. The molecule has 1 amide bonds. The molecule has 1 fully saturated rings. The van der Waals surface area contributed by atoms with Gasteiger partial charge >= 0.3 is 0 Å². The number of amides is 1. The molecular formula is C18H26N4O4S. The Labute approximate surface area is 160 Å². The molecule has 0 aromatic heterocycles. The Kier molecular flexibility index (Phi) is 6.13. The number of sulfonamides is 1. The fourth-order valence-corrected chi connectivity index (χ4v) is 4.60. The molecule has 0 unspecified atom stereocenters. The summed E-state index contributed by atoms with van der Waals surface area (Å²) in [5, 5.41) is 0. The van der Waals surface area contributed by atoms with Gasteiger partial charge in [0.2, 0.25) is 5.91 Å². The Morgan fingerprint density at radius 2 is 2.04 bits per heavy atom. The minimum atomic E-state index is -3.68. The van der Waals surface area contributed by atoms with E-state index in [1.165, 1.54) is 6.07 Å². The van der Waals surface area contributed by atoms with Gasteiger partial charge in [-0.05, 0) is 37.9 Å². The maximum atomic E-state index is 12.6. The van der Waals surface area contributed by atoms with Crippen LogP contribution in [-0.2, 0) is 19.6 Å². The highest BCUT2D eigenvalue weighted by Crippen LogP contribution is 2.27. The van der Waals surface area contributed by atoms with Gasteiger partial charge in [0.15, 0.2) is 5.84 Å². The lowest BCUT2D eigenvalue weighted by atomic mass is 10.1. The van der Waals surface area contributed by atoms with Crippen LogP contribution < -0.4 is 5.73 Å². The molecule has 8 nitrogen and oxygen atoms in total. The standard InChI is InChI=1S/C18H26N4O4S/c1-21(18-15-5-2-3-6-16(15)27(24,25)20-18)13-17(23)22-10-7-14(8-11-22)26-12-4-9-19/h2-3,5-6,14H,4,7-13,19H2,1H3. The summed E-state index contributed by atoms with van der Waals surface area (Å²) in [4.78, 5) is 16.2. The molecule has 3 rings (SSSR count). The zero-order valence-corrected chi connectivity index (χ0v) is 16.3. The highest BCUT2D eigenvalue weighted by Gasteiger charge is 2.32. The van der Waals surface area contributed by atoms with Crippen molar-refractivity contribution >= 4 is 21.8 Å². The molecule has 2 N–H and O–H groups in total. The molecular weight excluding hydrogens is 368 g/mol. The molecule has 9 heteroatoms. The average Bonchev–Trinajstić information content (AvgIpc) is 2.94. The number of likely N-dealkylation sites (N-methyl/N-ethyl adjacent to an activating group) is 1. The van der Waals surface area contributed by atoms with Gasteiger partial charge < -0.3 is 20.3 Å². The van der Waals surface area contributed by atoms with Gasteiger partial charge in [-0.2, -0.15) is 8.42 Å². The van der Waals surface area contributed by atoms with Gasteiger partial charge in [-0.25, -0.2) is 0 Å². The molecule has 0 aliphatic carbocycles. The van der Waals surface area contributed by atoms with E-state index in [4.69, 9.17) is 10.5 Å². The van der Waals surface area contributed by atoms with Crippen molar-refractivity contribution in [3.05, 3.63) is 29.8 Å². The Hall–Kier alpha value is -1.97. The van der Waals surface area contributed by atoms with Crippen molar-refractivity contribution in [3.8, 4) is 0 Å². The van der Waals surface area contributed by atoms with Crippen molar-refractivity contribution in [2.24, 2.45) is 10.1 Å². The molecule has 0 atom stereocenters. The highest BCUT2D eigenvalue weighted by molar-refractivity contribution is 7.90. The molecule has 0 bridgehead atoms. The zero-order chi connectivity index (χ0) is 19.4. The maximum Gasteiger partial charge on any atom is 0.285 e. The summed E-state index contributed by atoms with van der Waals surface area (Å²) in [6.07, 6.45) is 2.63. The Morgan fingerprint density at radius 3 is 2.74 bits per heavy atom. The van der Waals surface area contributed by atoms with Crippen LogP contribution >= 0.6 is 0 Å². The number of benzene rings is 1. The molecule has 0 radical (unpaired) electrons. The van der Waals surface area contributed by atoms with E-state index in [-0.39, 0.29) is 23.5 Å². The van der Waals surface area contributed by atoms with E-state index < -0.39 is 10.0 Å². The molecule has 2 aliphatic rings. The van der Waals surface area contributed by atoms with E-state index in [2.05, 4.69) is 4.40 Å². The number of carbonyl (C=O) groups excluding carboxylic acids is 1. The fourth-order valence-electron chi connectivity index (χ4n) is 3.35. The SMILES string of the molecule is CN(CC(=O)N1CCC(OCCCN)CC1)C1=NS(=O)(=O)c2ccccc21. The van der Waals surface area contributed by atoms with Crippen molar-refractivity contribution in [2.45, 2.75) is 30.3 Å². The van der Waals surface area contributed by atoms with Crippen molar-refractivity contribution in [2.75, 3.05) is 39.8 Å². The number of hydrogen-bond donors (Lipinski definition) is 1. The van der Waals surface area contributed by atoms with Gasteiger partial charge in [0.1, 0.15) is 4.90 Å². The molecule has 27 heavy (non-hydrogen) atoms. The van der Waals surface area contributed by atoms with E-state index in [1.807, 2.05) is 0 Å². The van der Waals surface area contributed by atoms with E-state index >= 15 is 0 Å². The van der Waals surface area contributed by atoms with Gasteiger partial charge in [0.05, 0.1) is 12.6 Å². The lowest BCUT2D eigenvalue weighted by Crippen LogP contribution is -2.46. The lowest BCUT2D eigenvalue weighted by Gasteiger charge is -2.33. The van der Waals surface area contributed by atoms with Crippen molar-refractivity contribution in [3.63, 3.8) is 0 Å². The Morgan fingerprint density at radius 1 is 1.33 bits per heavy atom. The summed E-state index contributed by atoms with van der Waals surface area (Å²) in [6.45, 7) is 2.64. The number of rotatable bonds is 6. The van der Waals surface area contributed by atoms with Crippen molar-refractivity contribution in [1.29, 1.82) is 0 Å². The number of amidine groups is 1. The summed E-state index contributed by atoms with van der Waals surface area (Å²) < 4.78 is 34.0. The molecule has 1 aromatic carbocycles. The average molecular weight is 394 g/mol. The third-order valence-corrected chi connectivity index (χ3v) is 6.17. The Bertz CT molecular complexity index is 816. The zero-order valence-electron chi connectivity index (χ0n) is 15.5. The molecule has 0 saturated carbocycles. The van der Waals surface area contributed by atoms with Crippen LogP contribution in [0.15, 0.2) is 33.6 Å². The first-order valence-electron chi connectivity index (χ1n) is 9.17. The predicted octanol–water partition coefficient (Wildman–Crippen LogP) is 0.424. The fraction of sp³-hybridized carbons (Fsp3) is 0.556. The lowest BCUT2D eigenvalue weighted by molar-refractivity contribution is -0.134. The monoisotopic (exact) mass is 394 g/mol. The van der Waals surface area contributed by atoms with Crippen LogP contribution in [0.1, 0.15) is 24.8 Å². The second-order valence-electron chi connectivity index (χ2n) is 6.84. The first kappa shape index (κ1) is 19.8. The predicted molar refractivity (Wildman–Crippen MR) is 102 cm³/mol. The van der Waals surface area contributed by atoms with Crippen LogP contribution in [0.2, 0.25) is 0 Å². The first-order valence-corrected chi connectivity index (χ1v) is 10.6. The van der Waals surface area contributed by atoms with Crippen LogP contribution in [0.4, 0.5) is 0 Å². The molecule has 1 aromatic rings. The highest BCUT2D eigenvalue weighted by atomic mass is 32.2. The molecule has 1 saturated heterocycles. The maximum absolute atomic E-state index is 12.6. The van der Waals surface area contributed by atoms with E-state index in [9.17, 15) is 13.2 Å². The van der Waals surface area contributed by atoms with Crippen molar-refractivity contribution < 1.29 is 17.9 Å². The minimum Gasteiger partial charge on any atom is -0.378 e. The summed E-state index contributed by atoms with van der Waals surface area (Å²) in [5.41, 5.74) is 6.01. The molecule has 2 aliphatic heterocycles. The topological polar surface area (TPSA) is 105 Å². The van der Waals surface area contributed by atoms with Gasteiger partial charge in [-0.3, -0.25) is 4.79 Å². The van der Waals surface area contributed by atoms with Gasteiger partial charge in [0.25, 0.3) is 10.0 Å². The van der Waals surface area contributed by atoms with Crippen LogP contribution in [0.5, 0.6) is 0 Å². The largest absolute Gasteiger partial charge is 0.378 e. The third kappa shape index (κ3) is 4.48. The summed E-state index contributed by atoms with van der Waals surface area (Å²) >= 11 is 0. The summed E-state index contributed by atoms with van der Waals surface area (Å²) in [6, 6.07) is 6.68. The van der Waals surface area contributed by atoms with Gasteiger partial charge in [-0.1, -0.05) is 12.1 Å². The number of carbonyl (C=O) groups is 1. The number of fused-ring (bicyclic) bond motifs is 1. The number of nitrogens with two attached hydrogens (primary N) is 1. The number of ether oxygens (including phenoxy) is 1. The first-order chi connectivity index (χ1) is 12.9. The van der Waals surface area contributed by atoms with E-state index in [0.717, 1.165) is 19.3 Å². The minimum absolute atomic E-state index is 0.0395. The van der Waals surface area contributed by atoms with Crippen molar-refractivity contribution in [1.82, 2.24) is 9.80 Å². The second kappa shape index (κ2) is 8.37. The summed E-state index contributed by atoms with van der Waals surface area (Å²) in [7, 11) is -1.99. The van der Waals surface area contributed by atoms with Crippen LogP contribution in [0.3, 0.4) is 0 Å². The van der Waals surface area contributed by atoms with Gasteiger partial charge in [0, 0.05) is 32.3 Å². The number of piperidine rings is 1. The Balaban J connectivity index is 1.56. The number of nitrogens with zero attached hydrogens (tertiary/aromatic N) is 3. The van der Waals surface area contributed by atoms with Crippen LogP contribution in [-0.4, -0.2) is 75.9 Å². The quantitative estimate of drug-likeness (QED) is 0.701. The van der Waals surface area contributed by atoms with Crippen LogP contribution in [0.25, 0.3) is 0 Å². The van der Waals surface area contributed by atoms with Gasteiger partial charge in [-0.15, -0.1) is 4.40 Å². The molecule has 0 spiro atoms. The normalized spacial score (nSPS) is 18.9. The third-order valence-electron chi connectivity index (χ3n) is 4.84. The molecule has 148 valence electrons. The second-order valence-corrected chi connectivity index (χ2v) is 8.41.